The van der Waals surface area contributed by atoms with Gasteiger partial charge in [0.25, 0.3) is 0 Å². The summed E-state index contributed by atoms with van der Waals surface area (Å²) in [5, 5.41) is 0. The second-order valence-corrected chi connectivity index (χ2v) is 3.92. The normalized spacial score (nSPS) is 16.5. The summed E-state index contributed by atoms with van der Waals surface area (Å²) in [4.78, 5) is 24.5. The molecule has 1 fully saturated rings. The molecule has 90 valence electrons. The molecule has 17 heavy (non-hydrogen) atoms. The van der Waals surface area contributed by atoms with E-state index in [4.69, 9.17) is 5.73 Å². The Bertz CT molecular complexity index is 458. The maximum Gasteiger partial charge on any atom is 0.233 e. The minimum absolute atomic E-state index is 0.0426. The van der Waals surface area contributed by atoms with E-state index in [-0.39, 0.29) is 29.6 Å². The number of amides is 2. The van der Waals surface area contributed by atoms with Gasteiger partial charge < -0.3 is 5.73 Å². The van der Waals surface area contributed by atoms with E-state index >= 15 is 0 Å². The molecule has 0 saturated carbocycles. The summed E-state index contributed by atoms with van der Waals surface area (Å²) in [5.41, 5.74) is 5.94. The molecule has 1 saturated heterocycles. The molecule has 0 spiro atoms. The van der Waals surface area contributed by atoms with Crippen molar-refractivity contribution < 1.29 is 14.0 Å². The van der Waals surface area contributed by atoms with E-state index in [2.05, 4.69) is 0 Å². The van der Waals surface area contributed by atoms with E-state index in [1.807, 2.05) is 0 Å². The van der Waals surface area contributed by atoms with Crippen LogP contribution in [0.4, 0.5) is 10.1 Å². The van der Waals surface area contributed by atoms with Gasteiger partial charge in [-0.3, -0.25) is 14.5 Å². The summed E-state index contributed by atoms with van der Waals surface area (Å²) in [5.74, 6) is -1.07. The monoisotopic (exact) mass is 236 g/mol. The van der Waals surface area contributed by atoms with E-state index in [1.165, 1.54) is 12.1 Å². The maximum absolute atomic E-state index is 13.5. The fourth-order valence-electron chi connectivity index (χ4n) is 1.98. The van der Waals surface area contributed by atoms with Crippen molar-refractivity contribution in [1.82, 2.24) is 0 Å². The second-order valence-electron chi connectivity index (χ2n) is 3.92. The third kappa shape index (κ3) is 2.06. The molecule has 2 N–H and O–H groups in total. The van der Waals surface area contributed by atoms with Crippen molar-refractivity contribution in [2.45, 2.75) is 25.8 Å². The summed E-state index contributed by atoms with van der Waals surface area (Å²) < 4.78 is 13.5. The van der Waals surface area contributed by atoms with Gasteiger partial charge in [-0.05, 0) is 18.6 Å². The molecular weight excluding hydrogens is 223 g/mol. The molecule has 1 aromatic rings. The van der Waals surface area contributed by atoms with Gasteiger partial charge in [-0.1, -0.05) is 6.07 Å². The highest BCUT2D eigenvalue weighted by Gasteiger charge is 2.29. The smallest absolute Gasteiger partial charge is 0.233 e. The standard InChI is InChI=1S/C12H13FN2O2/c13-9-3-1-4-10(8(9)7-14)15-11(16)5-2-6-12(15)17/h1,3-4H,2,5-7,14H2. The third-order valence-corrected chi connectivity index (χ3v) is 2.82. The minimum atomic E-state index is -0.490. The Hall–Kier alpha value is -1.75. The zero-order valence-corrected chi connectivity index (χ0v) is 9.28. The van der Waals surface area contributed by atoms with Crippen LogP contribution in [0.2, 0.25) is 0 Å². The number of hydrogen-bond acceptors (Lipinski definition) is 3. The van der Waals surface area contributed by atoms with Crippen LogP contribution >= 0.6 is 0 Å². The van der Waals surface area contributed by atoms with Crippen molar-refractivity contribution in [2.24, 2.45) is 5.73 Å². The van der Waals surface area contributed by atoms with Gasteiger partial charge in [-0.2, -0.15) is 0 Å². The highest BCUT2D eigenvalue weighted by atomic mass is 19.1. The van der Waals surface area contributed by atoms with E-state index in [0.29, 0.717) is 19.3 Å². The van der Waals surface area contributed by atoms with Crippen LogP contribution in [0.15, 0.2) is 18.2 Å². The summed E-state index contributed by atoms with van der Waals surface area (Å²) in [7, 11) is 0. The van der Waals surface area contributed by atoms with E-state index < -0.39 is 5.82 Å². The van der Waals surface area contributed by atoms with Crippen molar-refractivity contribution in [3.63, 3.8) is 0 Å². The number of benzene rings is 1. The van der Waals surface area contributed by atoms with E-state index in [0.717, 1.165) is 4.90 Å². The molecular formula is C12H13FN2O2. The van der Waals surface area contributed by atoms with Crippen molar-refractivity contribution >= 4 is 17.5 Å². The number of halogens is 1. The minimum Gasteiger partial charge on any atom is -0.326 e. The molecule has 0 atom stereocenters. The maximum atomic E-state index is 13.5. The Balaban J connectivity index is 2.48. The van der Waals surface area contributed by atoms with Gasteiger partial charge in [0.1, 0.15) is 5.82 Å². The molecule has 1 aromatic carbocycles. The molecule has 0 bridgehead atoms. The largest absolute Gasteiger partial charge is 0.326 e. The fraction of sp³-hybridized carbons (Fsp3) is 0.333. The van der Waals surface area contributed by atoms with E-state index in [1.54, 1.807) is 6.07 Å². The number of carbonyl (C=O) groups excluding carboxylic acids is 2. The van der Waals surface area contributed by atoms with Gasteiger partial charge >= 0.3 is 0 Å². The van der Waals surface area contributed by atoms with Gasteiger partial charge in [0.15, 0.2) is 0 Å². The average Bonchev–Trinajstić information content (AvgIpc) is 2.29. The average molecular weight is 236 g/mol. The number of piperidine rings is 1. The molecule has 1 aliphatic heterocycles. The Kier molecular flexibility index (Phi) is 3.19. The molecule has 1 heterocycles. The van der Waals surface area contributed by atoms with Crippen molar-refractivity contribution in [3.05, 3.63) is 29.6 Å². The predicted molar refractivity (Wildman–Crippen MR) is 60.6 cm³/mol. The second kappa shape index (κ2) is 4.63. The fourth-order valence-corrected chi connectivity index (χ4v) is 1.98. The first kappa shape index (κ1) is 11.7. The van der Waals surface area contributed by atoms with Crippen LogP contribution in [0, 0.1) is 5.82 Å². The van der Waals surface area contributed by atoms with Gasteiger partial charge in [0, 0.05) is 24.9 Å². The number of carbonyl (C=O) groups is 2. The molecule has 0 aliphatic carbocycles. The first-order valence-electron chi connectivity index (χ1n) is 5.48. The zero-order valence-electron chi connectivity index (χ0n) is 9.28. The summed E-state index contributed by atoms with van der Waals surface area (Å²) >= 11 is 0. The molecule has 2 rings (SSSR count). The molecule has 4 nitrogen and oxygen atoms in total. The molecule has 1 aliphatic rings. The molecule has 0 aromatic heterocycles. The molecule has 2 amide bonds. The first-order valence-corrected chi connectivity index (χ1v) is 5.48. The lowest BCUT2D eigenvalue weighted by Crippen LogP contribution is -2.41. The van der Waals surface area contributed by atoms with Crippen LogP contribution in [0.25, 0.3) is 0 Å². The quantitative estimate of drug-likeness (QED) is 0.788. The molecule has 0 radical (unpaired) electrons. The summed E-state index contributed by atoms with van der Waals surface area (Å²) in [6, 6.07) is 4.29. The van der Waals surface area contributed by atoms with Crippen molar-refractivity contribution in [1.29, 1.82) is 0 Å². The predicted octanol–water partition coefficient (Wildman–Crippen LogP) is 1.33. The van der Waals surface area contributed by atoms with Crippen LogP contribution in [0.5, 0.6) is 0 Å². The van der Waals surface area contributed by atoms with Crippen LogP contribution in [-0.4, -0.2) is 11.8 Å². The van der Waals surface area contributed by atoms with Crippen LogP contribution in [0.3, 0.4) is 0 Å². The van der Waals surface area contributed by atoms with Crippen LogP contribution in [-0.2, 0) is 16.1 Å². The Morgan fingerprint density at radius 3 is 2.47 bits per heavy atom. The van der Waals surface area contributed by atoms with Crippen LogP contribution in [0.1, 0.15) is 24.8 Å². The number of imide groups is 1. The lowest BCUT2D eigenvalue weighted by atomic mass is 10.1. The van der Waals surface area contributed by atoms with Crippen molar-refractivity contribution in [3.8, 4) is 0 Å². The number of nitrogens with zero attached hydrogens (tertiary/aromatic N) is 1. The number of anilines is 1. The molecule has 5 heteroatoms. The lowest BCUT2D eigenvalue weighted by Gasteiger charge is -2.26. The first-order chi connectivity index (χ1) is 8.15. The van der Waals surface area contributed by atoms with Gasteiger partial charge in [-0.25, -0.2) is 4.39 Å². The lowest BCUT2D eigenvalue weighted by molar-refractivity contribution is -0.129. The Morgan fingerprint density at radius 1 is 1.24 bits per heavy atom. The Labute approximate surface area is 98.2 Å². The number of rotatable bonds is 2. The highest BCUT2D eigenvalue weighted by Crippen LogP contribution is 2.27. The van der Waals surface area contributed by atoms with Gasteiger partial charge in [-0.15, -0.1) is 0 Å². The zero-order chi connectivity index (χ0) is 12.4. The molecule has 0 unspecified atom stereocenters. The topological polar surface area (TPSA) is 63.4 Å². The summed E-state index contributed by atoms with van der Waals surface area (Å²) in [6.07, 6.45) is 1.18. The Morgan fingerprint density at radius 2 is 1.88 bits per heavy atom. The SMILES string of the molecule is NCc1c(F)cccc1N1C(=O)CCCC1=O. The third-order valence-electron chi connectivity index (χ3n) is 2.82. The number of hydrogen-bond donors (Lipinski definition) is 1. The number of nitrogens with two attached hydrogens (primary N) is 1. The van der Waals surface area contributed by atoms with Crippen LogP contribution < -0.4 is 10.6 Å². The van der Waals surface area contributed by atoms with Gasteiger partial charge in [0.05, 0.1) is 5.69 Å². The van der Waals surface area contributed by atoms with Gasteiger partial charge in [0.2, 0.25) is 11.8 Å². The highest BCUT2D eigenvalue weighted by molar-refractivity contribution is 6.16. The summed E-state index contributed by atoms with van der Waals surface area (Å²) in [6.45, 7) is -0.0426. The van der Waals surface area contributed by atoms with E-state index in [9.17, 15) is 14.0 Å². The van der Waals surface area contributed by atoms with Crippen molar-refractivity contribution in [2.75, 3.05) is 4.90 Å².